The number of ether oxygens (including phenoxy) is 4. The Kier molecular flexibility index (Phi) is 5.44. The predicted molar refractivity (Wildman–Crippen MR) is 99.3 cm³/mol. The van der Waals surface area contributed by atoms with E-state index in [-0.39, 0.29) is 11.5 Å². The van der Waals surface area contributed by atoms with Crippen LogP contribution in [0, 0.1) is 0 Å². The van der Waals surface area contributed by atoms with Crippen molar-refractivity contribution in [2.75, 3.05) is 14.2 Å². The fourth-order valence-corrected chi connectivity index (χ4v) is 2.64. The standard InChI is InChI=1S/C21H18O7/c1-12(20(23)25-2)27-15-8-9-16-17(11-15)28-18(19(16)22)10-13-4-6-14(7-5-13)21(24)26-3/h4-12H,1-3H3/b18-10-. The molecule has 7 nitrogen and oxygen atoms in total. The van der Waals surface area contributed by atoms with Crippen molar-refractivity contribution < 1.29 is 33.3 Å². The summed E-state index contributed by atoms with van der Waals surface area (Å²) < 4.78 is 20.4. The Morgan fingerprint density at radius 1 is 1.04 bits per heavy atom. The van der Waals surface area contributed by atoms with Gasteiger partial charge in [0, 0.05) is 6.07 Å². The molecule has 0 spiro atoms. The molecular weight excluding hydrogens is 364 g/mol. The Bertz CT molecular complexity index is 957. The van der Waals surface area contributed by atoms with E-state index in [1.165, 1.54) is 14.2 Å². The predicted octanol–water partition coefficient (Wildman–Crippen LogP) is 3.03. The molecule has 1 unspecified atom stereocenters. The number of hydrogen-bond acceptors (Lipinski definition) is 7. The third kappa shape index (κ3) is 3.88. The lowest BCUT2D eigenvalue weighted by atomic mass is 10.1. The number of allylic oxidation sites excluding steroid dienone is 1. The quantitative estimate of drug-likeness (QED) is 0.580. The number of benzene rings is 2. The Labute approximate surface area is 161 Å². The van der Waals surface area contributed by atoms with Crippen LogP contribution in [0.25, 0.3) is 6.08 Å². The van der Waals surface area contributed by atoms with Crippen LogP contribution in [0.15, 0.2) is 48.2 Å². The molecule has 1 atom stereocenters. The molecule has 0 saturated carbocycles. The van der Waals surface area contributed by atoms with Gasteiger partial charge in [0.2, 0.25) is 5.78 Å². The van der Waals surface area contributed by atoms with Crippen molar-refractivity contribution in [1.29, 1.82) is 0 Å². The van der Waals surface area contributed by atoms with Gasteiger partial charge in [0.1, 0.15) is 11.5 Å². The minimum atomic E-state index is -0.788. The van der Waals surface area contributed by atoms with Gasteiger partial charge in [-0.05, 0) is 42.8 Å². The zero-order chi connectivity index (χ0) is 20.3. The average molecular weight is 382 g/mol. The molecule has 1 aliphatic heterocycles. The van der Waals surface area contributed by atoms with Gasteiger partial charge in [-0.1, -0.05) is 12.1 Å². The summed E-state index contributed by atoms with van der Waals surface area (Å²) in [5, 5.41) is 0. The summed E-state index contributed by atoms with van der Waals surface area (Å²) in [7, 11) is 2.59. The molecule has 0 saturated heterocycles. The fourth-order valence-electron chi connectivity index (χ4n) is 2.64. The van der Waals surface area contributed by atoms with Gasteiger partial charge in [-0.15, -0.1) is 0 Å². The highest BCUT2D eigenvalue weighted by Crippen LogP contribution is 2.35. The van der Waals surface area contributed by atoms with Gasteiger partial charge in [0.15, 0.2) is 11.9 Å². The van der Waals surface area contributed by atoms with Gasteiger partial charge in [-0.25, -0.2) is 9.59 Å². The number of carbonyl (C=O) groups is 3. The van der Waals surface area contributed by atoms with E-state index in [1.807, 2.05) is 0 Å². The number of carbonyl (C=O) groups excluding carboxylic acids is 3. The highest BCUT2D eigenvalue weighted by Gasteiger charge is 2.28. The van der Waals surface area contributed by atoms with Crippen LogP contribution >= 0.6 is 0 Å². The van der Waals surface area contributed by atoms with E-state index in [1.54, 1.807) is 55.5 Å². The molecule has 28 heavy (non-hydrogen) atoms. The van der Waals surface area contributed by atoms with Gasteiger partial charge < -0.3 is 18.9 Å². The minimum absolute atomic E-state index is 0.152. The minimum Gasteiger partial charge on any atom is -0.479 e. The van der Waals surface area contributed by atoms with E-state index in [2.05, 4.69) is 9.47 Å². The average Bonchev–Trinajstić information content (AvgIpc) is 3.02. The fraction of sp³-hybridized carbons (Fsp3) is 0.190. The molecule has 0 bridgehead atoms. The maximum Gasteiger partial charge on any atom is 0.346 e. The van der Waals surface area contributed by atoms with E-state index in [9.17, 15) is 14.4 Å². The Hall–Kier alpha value is -3.61. The van der Waals surface area contributed by atoms with E-state index in [0.717, 1.165) is 0 Å². The third-order valence-electron chi connectivity index (χ3n) is 4.12. The van der Waals surface area contributed by atoms with Crippen LogP contribution in [0.1, 0.15) is 33.2 Å². The van der Waals surface area contributed by atoms with Crippen molar-refractivity contribution in [1.82, 2.24) is 0 Å². The molecule has 2 aromatic carbocycles. The summed E-state index contributed by atoms with van der Waals surface area (Å²) in [6, 6.07) is 11.3. The number of fused-ring (bicyclic) bond motifs is 1. The molecule has 0 N–H and O–H groups in total. The number of hydrogen-bond donors (Lipinski definition) is 0. The summed E-state index contributed by atoms with van der Waals surface area (Å²) in [6.07, 6.45) is 0.796. The zero-order valence-electron chi connectivity index (χ0n) is 15.6. The first kappa shape index (κ1) is 19.2. The van der Waals surface area contributed by atoms with E-state index < -0.39 is 18.0 Å². The van der Waals surface area contributed by atoms with Crippen LogP contribution in [-0.2, 0) is 14.3 Å². The summed E-state index contributed by atoms with van der Waals surface area (Å²) in [6.45, 7) is 1.56. The Balaban J connectivity index is 1.78. The second kappa shape index (κ2) is 7.96. The summed E-state index contributed by atoms with van der Waals surface area (Å²) >= 11 is 0. The van der Waals surface area contributed by atoms with Crippen molar-refractivity contribution in [3.05, 3.63) is 64.9 Å². The summed E-state index contributed by atoms with van der Waals surface area (Å²) in [5.74, 6) is -0.328. The van der Waals surface area contributed by atoms with Crippen LogP contribution < -0.4 is 9.47 Å². The van der Waals surface area contributed by atoms with Crippen molar-refractivity contribution in [2.45, 2.75) is 13.0 Å². The lowest BCUT2D eigenvalue weighted by Gasteiger charge is -2.12. The first-order valence-corrected chi connectivity index (χ1v) is 8.44. The Morgan fingerprint density at radius 3 is 2.39 bits per heavy atom. The SMILES string of the molecule is COC(=O)c1ccc(/C=C2\Oc3cc(OC(C)C(=O)OC)ccc3C2=O)cc1. The van der Waals surface area contributed by atoms with Crippen LogP contribution in [-0.4, -0.2) is 38.0 Å². The monoisotopic (exact) mass is 382 g/mol. The summed E-state index contributed by atoms with van der Waals surface area (Å²) in [5.41, 5.74) is 1.50. The smallest absolute Gasteiger partial charge is 0.346 e. The molecular formula is C21H18O7. The number of methoxy groups -OCH3 is 2. The van der Waals surface area contributed by atoms with Gasteiger partial charge in [0.05, 0.1) is 25.3 Å². The lowest BCUT2D eigenvalue weighted by molar-refractivity contribution is -0.147. The topological polar surface area (TPSA) is 88.1 Å². The van der Waals surface area contributed by atoms with Crippen LogP contribution in [0.4, 0.5) is 0 Å². The molecule has 0 aliphatic carbocycles. The number of Topliss-reactive ketones (excluding diaryl/α,β-unsaturated/α-hetero) is 1. The van der Waals surface area contributed by atoms with Crippen LogP contribution in [0.5, 0.6) is 11.5 Å². The first-order valence-electron chi connectivity index (χ1n) is 8.44. The highest BCUT2D eigenvalue weighted by molar-refractivity contribution is 6.14. The maximum absolute atomic E-state index is 12.5. The normalized spacial score (nSPS) is 14.8. The number of esters is 2. The van der Waals surface area contributed by atoms with Crippen molar-refractivity contribution in [2.24, 2.45) is 0 Å². The molecule has 0 fully saturated rings. The van der Waals surface area contributed by atoms with E-state index >= 15 is 0 Å². The maximum atomic E-state index is 12.5. The van der Waals surface area contributed by atoms with Gasteiger partial charge >= 0.3 is 11.9 Å². The van der Waals surface area contributed by atoms with Gasteiger partial charge in [-0.3, -0.25) is 4.79 Å². The molecule has 0 radical (unpaired) electrons. The zero-order valence-corrected chi connectivity index (χ0v) is 15.6. The molecule has 7 heteroatoms. The third-order valence-corrected chi connectivity index (χ3v) is 4.12. The first-order chi connectivity index (χ1) is 13.4. The summed E-state index contributed by atoms with van der Waals surface area (Å²) in [4.78, 5) is 35.5. The van der Waals surface area contributed by atoms with E-state index in [0.29, 0.717) is 28.2 Å². The molecule has 3 rings (SSSR count). The second-order valence-corrected chi connectivity index (χ2v) is 5.99. The molecule has 0 amide bonds. The van der Waals surface area contributed by atoms with Crippen molar-refractivity contribution in [3.8, 4) is 11.5 Å². The Morgan fingerprint density at radius 2 is 1.75 bits per heavy atom. The number of ketones is 1. The van der Waals surface area contributed by atoms with Crippen LogP contribution in [0.2, 0.25) is 0 Å². The van der Waals surface area contributed by atoms with Crippen molar-refractivity contribution in [3.63, 3.8) is 0 Å². The molecule has 1 aliphatic rings. The second-order valence-electron chi connectivity index (χ2n) is 5.99. The van der Waals surface area contributed by atoms with Gasteiger partial charge in [0.25, 0.3) is 0 Å². The number of rotatable bonds is 5. The van der Waals surface area contributed by atoms with E-state index in [4.69, 9.17) is 9.47 Å². The van der Waals surface area contributed by atoms with Crippen LogP contribution in [0.3, 0.4) is 0 Å². The highest BCUT2D eigenvalue weighted by atomic mass is 16.6. The molecule has 144 valence electrons. The van der Waals surface area contributed by atoms with Crippen molar-refractivity contribution >= 4 is 23.8 Å². The molecule has 2 aromatic rings. The molecule has 1 heterocycles. The molecule has 0 aromatic heterocycles. The van der Waals surface area contributed by atoms with Gasteiger partial charge in [-0.2, -0.15) is 0 Å². The largest absolute Gasteiger partial charge is 0.479 e. The lowest BCUT2D eigenvalue weighted by Crippen LogP contribution is -2.24.